The first-order valence-electron chi connectivity index (χ1n) is 16.1. The van der Waals surface area contributed by atoms with E-state index in [1.807, 2.05) is 84.2 Å². The highest BCUT2D eigenvalue weighted by molar-refractivity contribution is 8.03. The number of β-lactam (4-membered cyclic amide) rings is 1. The molecule has 1 aromatic heterocycles. The lowest BCUT2D eigenvalue weighted by Gasteiger charge is -2.48. The maximum absolute atomic E-state index is 14.2. The number of hydroxylamine groups is 1. The summed E-state index contributed by atoms with van der Waals surface area (Å²) in [7, 11) is 0. The smallest absolute Gasteiger partial charge is 0.378 e. The molecule has 2 atom stereocenters. The summed E-state index contributed by atoms with van der Waals surface area (Å²) in [6, 6.07) is 28.9. The molecule has 0 radical (unpaired) electrons. The first-order valence-corrected chi connectivity index (χ1v) is 18.3. The Morgan fingerprint density at radius 3 is 2.18 bits per heavy atom. The molecule has 0 aliphatic carbocycles. The van der Waals surface area contributed by atoms with Crippen molar-refractivity contribution in [2.45, 2.75) is 29.4 Å². The predicted octanol–water partition coefficient (Wildman–Crippen LogP) is 4.56. The third kappa shape index (κ3) is 6.99. The van der Waals surface area contributed by atoms with Gasteiger partial charge in [0.25, 0.3) is 11.8 Å². The second-order valence-electron chi connectivity index (χ2n) is 11.9. The van der Waals surface area contributed by atoms with Gasteiger partial charge in [0.1, 0.15) is 20.9 Å². The van der Waals surface area contributed by atoms with Gasteiger partial charge in [0.2, 0.25) is 5.91 Å². The van der Waals surface area contributed by atoms with E-state index >= 15 is 0 Å². The van der Waals surface area contributed by atoms with Gasteiger partial charge in [0.15, 0.2) is 0 Å². The van der Waals surface area contributed by atoms with Crippen molar-refractivity contribution in [1.82, 2.24) is 20.3 Å². The number of rotatable bonds is 9. The Morgan fingerprint density at radius 2 is 1.54 bits per heavy atom. The molecule has 10 nitrogen and oxygen atoms in total. The van der Waals surface area contributed by atoms with Gasteiger partial charge < -0.3 is 14.5 Å². The maximum atomic E-state index is 14.2. The Balaban J connectivity index is 1.30. The van der Waals surface area contributed by atoms with E-state index in [1.54, 1.807) is 17.0 Å². The number of nitrogens with one attached hydrogen (secondary N) is 1. The summed E-state index contributed by atoms with van der Waals surface area (Å²) in [5.74, 6) is -2.28. The van der Waals surface area contributed by atoms with Crippen LogP contribution in [0.1, 0.15) is 33.3 Å². The molecule has 3 amide bonds. The minimum Gasteiger partial charge on any atom is -0.378 e. The Hall–Kier alpha value is -4.69. The first kappa shape index (κ1) is 33.8. The third-order valence-electron chi connectivity index (χ3n) is 8.70. The Bertz CT molecular complexity index is 1910. The number of thioether (sulfide) groups is 1. The van der Waals surface area contributed by atoms with Crippen LogP contribution < -0.4 is 5.48 Å². The lowest BCUT2D eigenvalue weighted by atomic mass is 9.84. The van der Waals surface area contributed by atoms with Gasteiger partial charge in [-0.2, -0.15) is 5.48 Å². The maximum Gasteiger partial charge on any atom is 0.379 e. The van der Waals surface area contributed by atoms with Gasteiger partial charge in [-0.25, -0.2) is 9.78 Å². The highest BCUT2D eigenvalue weighted by Crippen LogP contribution is 2.53. The quantitative estimate of drug-likeness (QED) is 0.151. The lowest BCUT2D eigenvalue weighted by molar-refractivity contribution is -0.156. The van der Waals surface area contributed by atoms with Crippen LogP contribution in [0.3, 0.4) is 0 Å². The predicted molar refractivity (Wildman–Crippen MR) is 194 cm³/mol. The Labute approximate surface area is 302 Å². The number of benzene rings is 3. The molecule has 3 aliphatic rings. The number of nitrogens with zero attached hydrogens (tertiary/aromatic N) is 3. The molecule has 3 aliphatic heterocycles. The summed E-state index contributed by atoms with van der Waals surface area (Å²) in [6.45, 7) is 2.00. The zero-order valence-corrected chi connectivity index (χ0v) is 29.2. The molecule has 1 N–H and O–H groups in total. The minimum atomic E-state index is -0.909. The number of morpholine rings is 1. The van der Waals surface area contributed by atoms with Gasteiger partial charge in [-0.1, -0.05) is 103 Å². The van der Waals surface area contributed by atoms with E-state index in [1.165, 1.54) is 28.0 Å². The second-order valence-corrected chi connectivity index (χ2v) is 14.4. The van der Waals surface area contributed by atoms with Crippen LogP contribution in [0.25, 0.3) is 5.57 Å². The fraction of sp³-hybridized carbons (Fsp3) is 0.243. The molecular formula is C37H32N4O6S3. The van der Waals surface area contributed by atoms with E-state index < -0.39 is 28.4 Å². The van der Waals surface area contributed by atoms with Crippen molar-refractivity contribution in [3.63, 3.8) is 0 Å². The minimum absolute atomic E-state index is 0.00897. The van der Waals surface area contributed by atoms with Crippen LogP contribution in [0.5, 0.6) is 0 Å². The number of thiazole rings is 1. The lowest BCUT2D eigenvalue weighted by Crippen LogP contribution is -2.62. The summed E-state index contributed by atoms with van der Waals surface area (Å²) in [5.41, 5.74) is 5.99. The number of hydrogen-bond donors (Lipinski definition) is 1. The van der Waals surface area contributed by atoms with Crippen molar-refractivity contribution < 1.29 is 28.8 Å². The summed E-state index contributed by atoms with van der Waals surface area (Å²) in [6.07, 6.45) is 0.0675. The molecular weight excluding hydrogens is 693 g/mol. The van der Waals surface area contributed by atoms with E-state index in [0.29, 0.717) is 42.6 Å². The second kappa shape index (κ2) is 15.1. The van der Waals surface area contributed by atoms with Crippen LogP contribution in [0.2, 0.25) is 0 Å². The molecule has 13 heteroatoms. The summed E-state index contributed by atoms with van der Waals surface area (Å²) in [4.78, 5) is 67.2. The van der Waals surface area contributed by atoms with E-state index in [2.05, 4.69) is 5.48 Å². The number of thiocarbonyl (C=S) groups is 1. The molecule has 254 valence electrons. The molecule has 4 aromatic rings. The van der Waals surface area contributed by atoms with Crippen molar-refractivity contribution in [2.75, 3.05) is 26.3 Å². The van der Waals surface area contributed by atoms with Crippen LogP contribution in [0.15, 0.2) is 102 Å². The van der Waals surface area contributed by atoms with Gasteiger partial charge in [-0.15, -0.1) is 23.1 Å². The first-order chi connectivity index (χ1) is 24.4. The normalized spacial score (nSPS) is 18.8. The largest absolute Gasteiger partial charge is 0.379 e. The monoisotopic (exact) mass is 724 g/mol. The molecule has 0 saturated carbocycles. The molecule has 2 saturated heterocycles. The molecule has 4 heterocycles. The standard InChI is InChI=1S/C37H32N4O6S3/c42-27(20-23-10-4-1-5-11-23)39-47-37(45)31-30(34-38-26(22-49-34)21-28(43)40-16-18-46-19-17-40)33(50-36-32(48)35(44)41(31)36)29(24-12-6-2-7-13-24)25-14-8-3-9-15-25/h1-15,22,29,33,36H,16-21H2,(H,39,42)/t33?,36-/m0/s1. The molecule has 7 rings (SSSR count). The zero-order valence-electron chi connectivity index (χ0n) is 26.7. The highest BCUT2D eigenvalue weighted by Gasteiger charge is 2.55. The highest BCUT2D eigenvalue weighted by atomic mass is 32.2. The van der Waals surface area contributed by atoms with Crippen LogP contribution in [-0.2, 0) is 41.6 Å². The number of fused-ring (bicyclic) bond motifs is 1. The van der Waals surface area contributed by atoms with Gasteiger partial charge in [-0.05, 0) is 16.7 Å². The molecule has 50 heavy (non-hydrogen) atoms. The van der Waals surface area contributed by atoms with Gasteiger partial charge in [-0.3, -0.25) is 19.3 Å². The van der Waals surface area contributed by atoms with E-state index in [9.17, 15) is 19.2 Å². The van der Waals surface area contributed by atoms with Crippen molar-refractivity contribution in [2.24, 2.45) is 0 Å². The number of carbonyl (C=O) groups excluding carboxylic acids is 4. The Kier molecular flexibility index (Phi) is 10.2. The van der Waals surface area contributed by atoms with Gasteiger partial charge >= 0.3 is 5.97 Å². The number of aromatic nitrogens is 1. The fourth-order valence-corrected chi connectivity index (χ4v) is 9.30. The third-order valence-corrected chi connectivity index (χ3v) is 11.7. The fourth-order valence-electron chi connectivity index (χ4n) is 6.29. The molecule has 0 bridgehead atoms. The van der Waals surface area contributed by atoms with Crippen molar-refractivity contribution in [3.8, 4) is 0 Å². The van der Waals surface area contributed by atoms with E-state index in [-0.39, 0.29) is 35.2 Å². The number of hydrogen-bond acceptors (Lipinski definition) is 10. The summed E-state index contributed by atoms with van der Waals surface area (Å²) < 4.78 is 5.40. The van der Waals surface area contributed by atoms with Gasteiger partial charge in [0.05, 0.1) is 31.7 Å². The Morgan fingerprint density at radius 1 is 0.920 bits per heavy atom. The number of amides is 3. The molecule has 3 aromatic carbocycles. The molecule has 0 spiro atoms. The average molecular weight is 725 g/mol. The van der Waals surface area contributed by atoms with Crippen LogP contribution >= 0.6 is 35.3 Å². The van der Waals surface area contributed by atoms with Gasteiger partial charge in [0, 0.05) is 35.2 Å². The average Bonchev–Trinajstić information content (AvgIpc) is 3.62. The van der Waals surface area contributed by atoms with E-state index in [0.717, 1.165) is 16.7 Å². The van der Waals surface area contributed by atoms with Crippen LogP contribution in [0.4, 0.5) is 0 Å². The van der Waals surface area contributed by atoms with Crippen LogP contribution in [-0.4, -0.2) is 80.3 Å². The zero-order chi connectivity index (χ0) is 34.6. The number of ether oxygens (including phenoxy) is 1. The number of carbonyl (C=O) groups is 4. The summed E-state index contributed by atoms with van der Waals surface area (Å²) >= 11 is 8.31. The van der Waals surface area contributed by atoms with Crippen molar-refractivity contribution >= 4 is 69.4 Å². The van der Waals surface area contributed by atoms with E-state index in [4.69, 9.17) is 26.8 Å². The SMILES string of the molecule is O=C(Cc1ccccc1)NOC(=O)C1=C(c2nc(CC(=O)N3CCOCC3)cs2)C(C(c2ccccc2)c2ccccc2)S[C@H]2C(=S)C(=O)N12. The molecule has 2 fully saturated rings. The van der Waals surface area contributed by atoms with Crippen LogP contribution in [0, 0.1) is 0 Å². The van der Waals surface area contributed by atoms with Crippen molar-refractivity contribution in [3.05, 3.63) is 129 Å². The summed E-state index contributed by atoms with van der Waals surface area (Å²) in [5, 5.41) is 1.20. The molecule has 1 unspecified atom stereocenters. The van der Waals surface area contributed by atoms with Crippen molar-refractivity contribution in [1.29, 1.82) is 0 Å². The topological polar surface area (TPSA) is 118 Å².